The Balaban J connectivity index is 2.24. The number of hydrazine groups is 4. The van der Waals surface area contributed by atoms with Crippen LogP contribution in [-0.2, 0) is 0 Å². The number of nitrogens with one attached hydrogen (secondary N) is 2. The third kappa shape index (κ3) is 1.59. The number of nitrogens with zero attached hydrogens (tertiary/aromatic N) is 4. The molecule has 2 aliphatic heterocycles. The highest BCUT2D eigenvalue weighted by atomic mass is 16.9. The van der Waals surface area contributed by atoms with Gasteiger partial charge in [0, 0.05) is 10.6 Å². The minimum atomic E-state index is -1.53. The van der Waals surface area contributed by atoms with Gasteiger partial charge in [-0.15, -0.1) is 0 Å². The monoisotopic (exact) mass is 240 g/mol. The Bertz CT molecular complexity index is 269. The topological polar surface area (TPSA) is 158 Å². The molecule has 94 valence electrons. The van der Waals surface area contributed by atoms with E-state index in [2.05, 4.69) is 10.9 Å². The zero-order valence-electron chi connectivity index (χ0n) is 7.78. The van der Waals surface area contributed by atoms with E-state index in [4.69, 9.17) is 10.4 Å². The van der Waals surface area contributed by atoms with E-state index in [1.54, 1.807) is 0 Å². The summed E-state index contributed by atoms with van der Waals surface area (Å²) in [6, 6.07) is -1.32. The number of aliphatic hydroxyl groups is 2. The van der Waals surface area contributed by atoms with Gasteiger partial charge in [-0.1, -0.05) is 10.3 Å². The molecule has 4 atom stereocenters. The van der Waals surface area contributed by atoms with Crippen LogP contribution in [0.15, 0.2) is 0 Å². The van der Waals surface area contributed by atoms with Gasteiger partial charge in [0.15, 0.2) is 0 Å². The average molecular weight is 240 g/mol. The Hall–Kier alpha value is -0.480. The van der Waals surface area contributed by atoms with Crippen molar-refractivity contribution in [1.29, 1.82) is 0 Å². The molecular formula is C4H12N6O6. The summed E-state index contributed by atoms with van der Waals surface area (Å²) in [5.41, 5.74) is 4.50. The molecule has 2 heterocycles. The Morgan fingerprint density at radius 3 is 2.00 bits per heavy atom. The highest BCUT2D eigenvalue weighted by molar-refractivity contribution is 4.90. The van der Waals surface area contributed by atoms with Crippen molar-refractivity contribution in [3.63, 3.8) is 0 Å². The number of hydrogen-bond acceptors (Lipinski definition) is 12. The molecule has 0 amide bonds. The van der Waals surface area contributed by atoms with Gasteiger partial charge in [-0.25, -0.2) is 10.9 Å². The van der Waals surface area contributed by atoms with E-state index < -0.39 is 24.5 Å². The van der Waals surface area contributed by atoms with Gasteiger partial charge < -0.3 is 10.2 Å². The number of hydrogen-bond donors (Lipinski definition) is 8. The fraction of sp³-hybridized carbons (Fsp3) is 1.00. The standard InChI is InChI=1S/C4H12N6O6/c11-2-1-3(5-6-4(2)12)8(14)10(16)9(15)7(1)13/h1-6,11-16H. The van der Waals surface area contributed by atoms with Crippen molar-refractivity contribution >= 4 is 0 Å². The van der Waals surface area contributed by atoms with Crippen molar-refractivity contribution < 1.29 is 31.0 Å². The molecule has 2 saturated heterocycles. The summed E-state index contributed by atoms with van der Waals surface area (Å²) in [4.78, 5) is 0. The molecule has 2 aliphatic rings. The first-order valence-electron chi connectivity index (χ1n) is 4.26. The zero-order chi connectivity index (χ0) is 12.0. The molecule has 16 heavy (non-hydrogen) atoms. The van der Waals surface area contributed by atoms with Crippen LogP contribution in [0.3, 0.4) is 0 Å². The fourth-order valence-corrected chi connectivity index (χ4v) is 1.57. The summed E-state index contributed by atoms with van der Waals surface area (Å²) >= 11 is 0. The molecule has 0 spiro atoms. The fourth-order valence-electron chi connectivity index (χ4n) is 1.57. The van der Waals surface area contributed by atoms with Crippen LogP contribution in [0, 0.1) is 0 Å². The number of rotatable bonds is 0. The molecular weight excluding hydrogens is 228 g/mol. The summed E-state index contributed by atoms with van der Waals surface area (Å²) in [5.74, 6) is 0. The molecule has 0 aromatic rings. The van der Waals surface area contributed by atoms with Gasteiger partial charge in [-0.2, -0.15) is 0 Å². The minimum Gasteiger partial charge on any atom is -0.387 e. The van der Waals surface area contributed by atoms with Gasteiger partial charge >= 0.3 is 0 Å². The van der Waals surface area contributed by atoms with Crippen molar-refractivity contribution in [2.45, 2.75) is 24.5 Å². The van der Waals surface area contributed by atoms with Crippen LogP contribution < -0.4 is 10.9 Å². The van der Waals surface area contributed by atoms with Crippen molar-refractivity contribution in [3.8, 4) is 0 Å². The molecule has 4 unspecified atom stereocenters. The number of fused-ring (bicyclic) bond motifs is 1. The van der Waals surface area contributed by atoms with Crippen LogP contribution in [0.25, 0.3) is 0 Å². The van der Waals surface area contributed by atoms with Gasteiger partial charge in [0.1, 0.15) is 24.5 Å². The third-order valence-electron chi connectivity index (χ3n) is 2.42. The van der Waals surface area contributed by atoms with Crippen LogP contribution in [0.1, 0.15) is 0 Å². The Morgan fingerprint density at radius 1 is 0.812 bits per heavy atom. The molecule has 0 bridgehead atoms. The van der Waals surface area contributed by atoms with E-state index >= 15 is 0 Å². The molecule has 0 aromatic heterocycles. The van der Waals surface area contributed by atoms with Crippen LogP contribution in [-0.4, -0.2) is 76.5 Å². The summed E-state index contributed by atoms with van der Waals surface area (Å²) in [6.07, 6.45) is -4.17. The zero-order valence-corrected chi connectivity index (χ0v) is 7.78. The summed E-state index contributed by atoms with van der Waals surface area (Å²) in [7, 11) is 0. The molecule has 0 aromatic carbocycles. The molecule has 2 rings (SSSR count). The first kappa shape index (κ1) is 12.0. The third-order valence-corrected chi connectivity index (χ3v) is 2.42. The second-order valence-electron chi connectivity index (χ2n) is 3.34. The second-order valence-corrected chi connectivity index (χ2v) is 3.34. The van der Waals surface area contributed by atoms with E-state index in [0.29, 0.717) is 0 Å². The van der Waals surface area contributed by atoms with Crippen LogP contribution >= 0.6 is 0 Å². The Kier molecular flexibility index (Phi) is 3.05. The molecule has 2 fully saturated rings. The van der Waals surface area contributed by atoms with E-state index in [9.17, 15) is 20.6 Å². The maximum absolute atomic E-state index is 9.54. The minimum absolute atomic E-state index is 0.0408. The number of hydroxylamine groups is 2. The maximum atomic E-state index is 9.54. The van der Waals surface area contributed by atoms with Crippen LogP contribution in [0.5, 0.6) is 0 Å². The average Bonchev–Trinajstić information content (AvgIpc) is 2.27. The molecule has 0 radical (unpaired) electrons. The van der Waals surface area contributed by atoms with Gasteiger partial charge in [0.2, 0.25) is 0 Å². The summed E-state index contributed by atoms with van der Waals surface area (Å²) < 4.78 is 0. The molecule has 12 nitrogen and oxygen atoms in total. The Labute approximate surface area is 88.4 Å². The lowest BCUT2D eigenvalue weighted by Gasteiger charge is -2.51. The van der Waals surface area contributed by atoms with Gasteiger partial charge in [0.25, 0.3) is 0 Å². The predicted octanol–water partition coefficient (Wildman–Crippen LogP) is -4.01. The second kappa shape index (κ2) is 4.08. The van der Waals surface area contributed by atoms with E-state index in [1.165, 1.54) is 0 Å². The molecule has 8 N–H and O–H groups in total. The van der Waals surface area contributed by atoms with Crippen molar-refractivity contribution in [3.05, 3.63) is 0 Å². The molecule has 0 saturated carbocycles. The van der Waals surface area contributed by atoms with Gasteiger partial charge in [0.05, 0.1) is 0 Å². The van der Waals surface area contributed by atoms with Crippen molar-refractivity contribution in [2.75, 3.05) is 0 Å². The van der Waals surface area contributed by atoms with Crippen LogP contribution in [0.2, 0.25) is 0 Å². The lowest BCUT2D eigenvalue weighted by Crippen LogP contribution is -2.81. The molecule has 0 aliphatic carbocycles. The van der Waals surface area contributed by atoms with E-state index in [1.807, 2.05) is 0 Å². The largest absolute Gasteiger partial charge is 0.387 e. The molecule has 12 heteroatoms. The normalized spacial score (nSPS) is 44.6. The highest BCUT2D eigenvalue weighted by Gasteiger charge is 2.52. The highest BCUT2D eigenvalue weighted by Crippen LogP contribution is 2.23. The predicted molar refractivity (Wildman–Crippen MR) is 40.4 cm³/mol. The van der Waals surface area contributed by atoms with Crippen LogP contribution in [0.4, 0.5) is 0 Å². The SMILES string of the molecule is OC1NNC2C(C1O)N(O)N(O)N(O)N2O. The van der Waals surface area contributed by atoms with E-state index in [-0.39, 0.29) is 20.9 Å². The number of aliphatic hydroxyl groups excluding tert-OH is 2. The Morgan fingerprint density at radius 2 is 1.38 bits per heavy atom. The van der Waals surface area contributed by atoms with Crippen molar-refractivity contribution in [2.24, 2.45) is 0 Å². The lowest BCUT2D eigenvalue weighted by molar-refractivity contribution is -0.635. The van der Waals surface area contributed by atoms with Crippen molar-refractivity contribution in [1.82, 2.24) is 31.8 Å². The van der Waals surface area contributed by atoms with Gasteiger partial charge in [-0.05, 0) is 0 Å². The van der Waals surface area contributed by atoms with Gasteiger partial charge in [-0.3, -0.25) is 20.8 Å². The lowest BCUT2D eigenvalue weighted by atomic mass is 10.1. The smallest absolute Gasteiger partial charge is 0.145 e. The summed E-state index contributed by atoms with van der Waals surface area (Å²) in [5, 5.41) is 55.3. The van der Waals surface area contributed by atoms with E-state index in [0.717, 1.165) is 0 Å². The summed E-state index contributed by atoms with van der Waals surface area (Å²) in [6.45, 7) is 0. The maximum Gasteiger partial charge on any atom is 0.145 e. The quantitative estimate of drug-likeness (QED) is 0.207. The first-order valence-corrected chi connectivity index (χ1v) is 4.26. The first-order chi connectivity index (χ1) is 7.45.